The van der Waals surface area contributed by atoms with Gasteiger partial charge in [-0.25, -0.2) is 0 Å². The van der Waals surface area contributed by atoms with Crippen LogP contribution in [-0.4, -0.2) is 26.3 Å². The van der Waals surface area contributed by atoms with E-state index in [0.717, 1.165) is 19.6 Å². The standard InChI is InChI=1S/C11H25NO/c1-5-7-10(3)8-13-9-11(6-2)12-4/h10-12H,5-9H2,1-4H3. The lowest BCUT2D eigenvalue weighted by molar-refractivity contribution is 0.0841. The molecule has 0 radical (unpaired) electrons. The van der Waals surface area contributed by atoms with E-state index in [1.165, 1.54) is 12.8 Å². The molecular weight excluding hydrogens is 162 g/mol. The average molecular weight is 187 g/mol. The second-order valence-corrected chi connectivity index (χ2v) is 3.83. The van der Waals surface area contributed by atoms with Crippen molar-refractivity contribution in [1.82, 2.24) is 5.32 Å². The van der Waals surface area contributed by atoms with E-state index in [9.17, 15) is 0 Å². The van der Waals surface area contributed by atoms with E-state index in [2.05, 4.69) is 26.1 Å². The van der Waals surface area contributed by atoms with Gasteiger partial charge in [0.05, 0.1) is 6.61 Å². The first kappa shape index (κ1) is 12.9. The Morgan fingerprint density at radius 1 is 1.23 bits per heavy atom. The van der Waals surface area contributed by atoms with Crippen molar-refractivity contribution in [3.05, 3.63) is 0 Å². The molecule has 0 amide bonds. The first-order chi connectivity index (χ1) is 6.24. The zero-order valence-electron chi connectivity index (χ0n) is 9.60. The summed E-state index contributed by atoms with van der Waals surface area (Å²) in [5.74, 6) is 0.708. The molecule has 0 spiro atoms. The second-order valence-electron chi connectivity index (χ2n) is 3.83. The third kappa shape index (κ3) is 7.03. The van der Waals surface area contributed by atoms with Crippen LogP contribution in [0.3, 0.4) is 0 Å². The van der Waals surface area contributed by atoms with Crippen molar-refractivity contribution in [2.45, 2.75) is 46.1 Å². The summed E-state index contributed by atoms with van der Waals surface area (Å²) in [6.45, 7) is 8.41. The van der Waals surface area contributed by atoms with E-state index < -0.39 is 0 Å². The van der Waals surface area contributed by atoms with Crippen LogP contribution in [0.25, 0.3) is 0 Å². The van der Waals surface area contributed by atoms with E-state index in [4.69, 9.17) is 4.74 Å². The van der Waals surface area contributed by atoms with Gasteiger partial charge in [-0.1, -0.05) is 27.2 Å². The van der Waals surface area contributed by atoms with Crippen molar-refractivity contribution < 1.29 is 4.74 Å². The van der Waals surface area contributed by atoms with Gasteiger partial charge in [-0.05, 0) is 25.8 Å². The van der Waals surface area contributed by atoms with Crippen LogP contribution in [0.2, 0.25) is 0 Å². The molecule has 0 aromatic heterocycles. The number of rotatable bonds is 8. The summed E-state index contributed by atoms with van der Waals surface area (Å²) >= 11 is 0. The molecule has 0 aliphatic carbocycles. The van der Waals surface area contributed by atoms with Crippen LogP contribution in [0, 0.1) is 5.92 Å². The Kier molecular flexibility index (Phi) is 8.46. The first-order valence-electron chi connectivity index (χ1n) is 5.49. The van der Waals surface area contributed by atoms with E-state index in [-0.39, 0.29) is 0 Å². The molecule has 0 aromatic rings. The summed E-state index contributed by atoms with van der Waals surface area (Å²) in [7, 11) is 1.99. The lowest BCUT2D eigenvalue weighted by Crippen LogP contribution is -2.30. The van der Waals surface area contributed by atoms with Crippen molar-refractivity contribution >= 4 is 0 Å². The Labute approximate surface area is 83.1 Å². The quantitative estimate of drug-likeness (QED) is 0.630. The Hall–Kier alpha value is -0.0800. The molecule has 13 heavy (non-hydrogen) atoms. The van der Waals surface area contributed by atoms with Gasteiger partial charge in [0, 0.05) is 12.6 Å². The summed E-state index contributed by atoms with van der Waals surface area (Å²) in [5.41, 5.74) is 0. The molecule has 80 valence electrons. The Morgan fingerprint density at radius 2 is 1.92 bits per heavy atom. The average Bonchev–Trinajstić information content (AvgIpc) is 2.13. The highest BCUT2D eigenvalue weighted by atomic mass is 16.5. The summed E-state index contributed by atoms with van der Waals surface area (Å²) in [4.78, 5) is 0. The summed E-state index contributed by atoms with van der Waals surface area (Å²) in [6.07, 6.45) is 3.67. The number of nitrogens with one attached hydrogen (secondary N) is 1. The van der Waals surface area contributed by atoms with Crippen LogP contribution in [0.1, 0.15) is 40.0 Å². The predicted octanol–water partition coefficient (Wildman–Crippen LogP) is 2.44. The first-order valence-corrected chi connectivity index (χ1v) is 5.49. The van der Waals surface area contributed by atoms with Crippen molar-refractivity contribution in [2.75, 3.05) is 20.3 Å². The molecule has 0 aliphatic heterocycles. The maximum atomic E-state index is 5.63. The van der Waals surface area contributed by atoms with E-state index in [0.29, 0.717) is 12.0 Å². The molecule has 0 saturated heterocycles. The summed E-state index contributed by atoms with van der Waals surface area (Å²) in [6, 6.07) is 0.522. The fourth-order valence-electron chi connectivity index (χ4n) is 1.39. The highest BCUT2D eigenvalue weighted by molar-refractivity contribution is 4.60. The molecule has 2 heteroatoms. The van der Waals surface area contributed by atoms with Gasteiger partial charge in [-0.2, -0.15) is 0 Å². The van der Waals surface area contributed by atoms with Crippen molar-refractivity contribution in [1.29, 1.82) is 0 Å². The van der Waals surface area contributed by atoms with Crippen LogP contribution in [0.5, 0.6) is 0 Å². The maximum Gasteiger partial charge on any atom is 0.0619 e. The Bertz CT molecular complexity index is 102. The molecule has 0 saturated carbocycles. The molecule has 0 aromatic carbocycles. The third-order valence-corrected chi connectivity index (χ3v) is 2.40. The lowest BCUT2D eigenvalue weighted by atomic mass is 10.1. The van der Waals surface area contributed by atoms with E-state index in [1.54, 1.807) is 0 Å². The predicted molar refractivity (Wildman–Crippen MR) is 58.0 cm³/mol. The maximum absolute atomic E-state index is 5.63. The summed E-state index contributed by atoms with van der Waals surface area (Å²) in [5, 5.41) is 3.23. The molecule has 2 atom stereocenters. The fourth-order valence-corrected chi connectivity index (χ4v) is 1.39. The highest BCUT2D eigenvalue weighted by Crippen LogP contribution is 2.05. The second kappa shape index (κ2) is 8.52. The minimum absolute atomic E-state index is 0.522. The zero-order valence-corrected chi connectivity index (χ0v) is 9.60. The number of likely N-dealkylation sites (N-methyl/N-ethyl adjacent to an activating group) is 1. The number of hydrogen-bond donors (Lipinski definition) is 1. The molecule has 0 aliphatic rings. The monoisotopic (exact) mass is 187 g/mol. The van der Waals surface area contributed by atoms with Crippen molar-refractivity contribution in [3.63, 3.8) is 0 Å². The Morgan fingerprint density at radius 3 is 2.38 bits per heavy atom. The largest absolute Gasteiger partial charge is 0.380 e. The van der Waals surface area contributed by atoms with Crippen LogP contribution >= 0.6 is 0 Å². The number of ether oxygens (including phenoxy) is 1. The molecule has 0 rings (SSSR count). The molecule has 0 heterocycles. The van der Waals surface area contributed by atoms with Gasteiger partial charge in [-0.15, -0.1) is 0 Å². The minimum atomic E-state index is 0.522. The fraction of sp³-hybridized carbons (Fsp3) is 1.00. The van der Waals surface area contributed by atoms with Gasteiger partial charge in [-0.3, -0.25) is 0 Å². The van der Waals surface area contributed by atoms with Crippen LogP contribution in [0.15, 0.2) is 0 Å². The van der Waals surface area contributed by atoms with Crippen molar-refractivity contribution in [3.8, 4) is 0 Å². The Balaban J connectivity index is 3.32. The van der Waals surface area contributed by atoms with Crippen LogP contribution < -0.4 is 5.32 Å². The van der Waals surface area contributed by atoms with Crippen molar-refractivity contribution in [2.24, 2.45) is 5.92 Å². The smallest absolute Gasteiger partial charge is 0.0619 e. The molecule has 2 nitrogen and oxygen atoms in total. The lowest BCUT2D eigenvalue weighted by Gasteiger charge is -2.16. The van der Waals surface area contributed by atoms with Gasteiger partial charge < -0.3 is 10.1 Å². The van der Waals surface area contributed by atoms with Crippen LogP contribution in [-0.2, 0) is 4.74 Å². The topological polar surface area (TPSA) is 21.3 Å². The van der Waals surface area contributed by atoms with Gasteiger partial charge in [0.15, 0.2) is 0 Å². The third-order valence-electron chi connectivity index (χ3n) is 2.40. The summed E-state index contributed by atoms with van der Waals surface area (Å²) < 4.78 is 5.63. The van der Waals surface area contributed by atoms with Crippen LogP contribution in [0.4, 0.5) is 0 Å². The van der Waals surface area contributed by atoms with Gasteiger partial charge in [0.25, 0.3) is 0 Å². The normalized spacial score (nSPS) is 15.7. The molecule has 0 bridgehead atoms. The molecule has 2 unspecified atom stereocenters. The minimum Gasteiger partial charge on any atom is -0.380 e. The van der Waals surface area contributed by atoms with Gasteiger partial charge >= 0.3 is 0 Å². The molecular formula is C11H25NO. The molecule has 0 fully saturated rings. The van der Waals surface area contributed by atoms with Gasteiger partial charge in [0.1, 0.15) is 0 Å². The van der Waals surface area contributed by atoms with E-state index >= 15 is 0 Å². The molecule has 1 N–H and O–H groups in total. The number of hydrogen-bond acceptors (Lipinski definition) is 2. The van der Waals surface area contributed by atoms with Gasteiger partial charge in [0.2, 0.25) is 0 Å². The van der Waals surface area contributed by atoms with E-state index in [1.807, 2.05) is 7.05 Å². The zero-order chi connectivity index (χ0) is 10.1. The SMILES string of the molecule is CCCC(C)COCC(CC)NC. The highest BCUT2D eigenvalue weighted by Gasteiger charge is 2.04.